The molecule has 238 valence electrons. The molecule has 7 rings (SSSR count). The van der Waals surface area contributed by atoms with Crippen LogP contribution in [-0.4, -0.2) is 89.3 Å². The molecule has 0 spiro atoms. The minimum Gasteiger partial charge on any atom is -0.508 e. The van der Waals surface area contributed by atoms with Crippen LogP contribution >= 0.6 is 0 Å². The summed E-state index contributed by atoms with van der Waals surface area (Å²) in [4.78, 5) is 25.4. The largest absolute Gasteiger partial charge is 0.508 e. The summed E-state index contributed by atoms with van der Waals surface area (Å²) in [5.74, 6) is 2.20. The van der Waals surface area contributed by atoms with Gasteiger partial charge in [0.15, 0.2) is 11.5 Å². The van der Waals surface area contributed by atoms with Gasteiger partial charge in [0.2, 0.25) is 5.95 Å². The Bertz CT molecular complexity index is 1980. The van der Waals surface area contributed by atoms with Crippen molar-refractivity contribution in [2.24, 2.45) is 0 Å². The zero-order valence-electron chi connectivity index (χ0n) is 26.8. The van der Waals surface area contributed by atoms with Gasteiger partial charge in [0, 0.05) is 67.8 Å². The average molecular weight is 625 g/mol. The van der Waals surface area contributed by atoms with Gasteiger partial charge in [0.25, 0.3) is 0 Å². The fraction of sp³-hybridized carbons (Fsp3) is 0.371. The molecule has 2 bridgehead atoms. The van der Waals surface area contributed by atoms with Gasteiger partial charge < -0.3 is 25.1 Å². The number of benzene rings is 2. The van der Waals surface area contributed by atoms with Crippen molar-refractivity contribution in [2.75, 3.05) is 57.1 Å². The summed E-state index contributed by atoms with van der Waals surface area (Å²) in [5.41, 5.74) is 0.482. The minimum absolute atomic E-state index is 0.0296. The van der Waals surface area contributed by atoms with Crippen molar-refractivity contribution in [3.8, 4) is 29.4 Å². The molecule has 2 aliphatic rings. The summed E-state index contributed by atoms with van der Waals surface area (Å²) in [5, 5.41) is 16.1. The standard InChI is InChI=1S/C33H32F2N8O.C2H6/c1-5-23-26(34)9-6-18-12-22(44)14-24(27(18)23)30-28(35)29-19(15-36-30)13-25-31(38-29)39-33(42(4)11-10-41(2)3)40-32(25)43-16-20-7-8-21(17-43)37-20;1-2/h1,6,9,12-15,20-21,37,44H,7-8,10-11,16-17H2,2-4H3;1-2H3. The second-order valence-electron chi connectivity index (χ2n) is 12.0. The Hall–Kier alpha value is -4.66. The number of hydrogen-bond donors (Lipinski definition) is 2. The van der Waals surface area contributed by atoms with Crippen molar-refractivity contribution < 1.29 is 13.9 Å². The third-order valence-corrected chi connectivity index (χ3v) is 8.62. The topological polar surface area (TPSA) is 93.5 Å². The van der Waals surface area contributed by atoms with Crippen LogP contribution in [0.5, 0.6) is 5.75 Å². The number of phenolic OH excluding ortho intramolecular Hbond substituents is 1. The molecule has 2 unspecified atom stereocenters. The Balaban J connectivity index is 0.00000182. The maximum absolute atomic E-state index is 16.5. The first-order valence-corrected chi connectivity index (χ1v) is 15.7. The first kappa shape index (κ1) is 31.3. The van der Waals surface area contributed by atoms with Crippen molar-refractivity contribution in [3.63, 3.8) is 0 Å². The maximum Gasteiger partial charge on any atom is 0.229 e. The van der Waals surface area contributed by atoms with Gasteiger partial charge in [-0.2, -0.15) is 9.97 Å². The molecule has 5 aromatic rings. The van der Waals surface area contributed by atoms with E-state index in [-0.39, 0.29) is 28.1 Å². The zero-order chi connectivity index (χ0) is 32.7. The molecule has 9 nitrogen and oxygen atoms in total. The van der Waals surface area contributed by atoms with E-state index >= 15 is 4.39 Å². The van der Waals surface area contributed by atoms with Crippen LogP contribution in [0.25, 0.3) is 44.0 Å². The summed E-state index contributed by atoms with van der Waals surface area (Å²) in [6.07, 6.45) is 9.43. The fourth-order valence-corrected chi connectivity index (χ4v) is 6.39. The Labute approximate surface area is 267 Å². The number of pyridine rings is 2. The van der Waals surface area contributed by atoms with Gasteiger partial charge in [0.05, 0.1) is 10.9 Å². The van der Waals surface area contributed by atoms with Crippen molar-refractivity contribution in [2.45, 2.75) is 38.8 Å². The normalized spacial score (nSPS) is 17.4. The van der Waals surface area contributed by atoms with Gasteiger partial charge in [0.1, 0.15) is 28.6 Å². The molecule has 2 aliphatic heterocycles. The second kappa shape index (κ2) is 12.6. The molecule has 2 atom stereocenters. The lowest BCUT2D eigenvalue weighted by Crippen LogP contribution is -2.51. The lowest BCUT2D eigenvalue weighted by atomic mass is 9.95. The van der Waals surface area contributed by atoms with Gasteiger partial charge >= 0.3 is 0 Å². The minimum atomic E-state index is -0.716. The summed E-state index contributed by atoms with van der Waals surface area (Å²) >= 11 is 0. The quantitative estimate of drug-likeness (QED) is 0.192. The Morgan fingerprint density at radius 3 is 2.43 bits per heavy atom. The van der Waals surface area contributed by atoms with Crippen LogP contribution in [0.2, 0.25) is 0 Å². The first-order valence-electron chi connectivity index (χ1n) is 15.7. The molecule has 2 N–H and O–H groups in total. The summed E-state index contributed by atoms with van der Waals surface area (Å²) in [7, 11) is 5.96. The molecule has 11 heteroatoms. The molecule has 0 aliphatic carbocycles. The second-order valence-corrected chi connectivity index (χ2v) is 12.0. The monoisotopic (exact) mass is 624 g/mol. The zero-order valence-corrected chi connectivity index (χ0v) is 26.8. The van der Waals surface area contributed by atoms with Crippen molar-refractivity contribution in [1.82, 2.24) is 30.2 Å². The Kier molecular flexibility index (Phi) is 8.59. The van der Waals surface area contributed by atoms with Crippen LogP contribution in [0, 0.1) is 24.0 Å². The number of phenols is 1. The van der Waals surface area contributed by atoms with E-state index in [2.05, 4.69) is 26.0 Å². The van der Waals surface area contributed by atoms with E-state index in [4.69, 9.17) is 21.4 Å². The highest BCUT2D eigenvalue weighted by Gasteiger charge is 2.34. The highest BCUT2D eigenvalue weighted by Crippen LogP contribution is 2.38. The van der Waals surface area contributed by atoms with Gasteiger partial charge in [-0.25, -0.2) is 13.8 Å². The number of halogens is 2. The van der Waals surface area contributed by atoms with E-state index in [0.717, 1.165) is 43.7 Å². The van der Waals surface area contributed by atoms with Crippen molar-refractivity contribution >= 4 is 44.5 Å². The molecule has 0 saturated carbocycles. The summed E-state index contributed by atoms with van der Waals surface area (Å²) in [6, 6.07) is 8.14. The van der Waals surface area contributed by atoms with E-state index in [9.17, 15) is 9.50 Å². The lowest BCUT2D eigenvalue weighted by molar-refractivity contribution is 0.415. The van der Waals surface area contributed by atoms with Crippen molar-refractivity contribution in [3.05, 3.63) is 53.7 Å². The molecule has 5 heterocycles. The number of hydrogen-bond acceptors (Lipinski definition) is 9. The van der Waals surface area contributed by atoms with Crippen LogP contribution in [0.1, 0.15) is 32.3 Å². The molecule has 46 heavy (non-hydrogen) atoms. The number of nitrogens with one attached hydrogen (secondary N) is 1. The predicted octanol–water partition coefficient (Wildman–Crippen LogP) is 5.32. The average Bonchev–Trinajstić information content (AvgIpc) is 3.40. The van der Waals surface area contributed by atoms with Crippen molar-refractivity contribution in [1.29, 1.82) is 0 Å². The summed E-state index contributed by atoms with van der Waals surface area (Å²) in [6.45, 7) is 7.12. The molecule has 2 fully saturated rings. The third-order valence-electron chi connectivity index (χ3n) is 8.62. The van der Waals surface area contributed by atoms with Crippen LogP contribution in [0.4, 0.5) is 20.5 Å². The number of anilines is 2. The Morgan fingerprint density at radius 2 is 1.74 bits per heavy atom. The van der Waals surface area contributed by atoms with Gasteiger partial charge in [-0.05, 0) is 56.6 Å². The number of terminal acetylenes is 1. The molecular formula is C35H38F2N8O. The van der Waals surface area contributed by atoms with Gasteiger partial charge in [-0.15, -0.1) is 6.42 Å². The molecule has 2 saturated heterocycles. The predicted molar refractivity (Wildman–Crippen MR) is 180 cm³/mol. The highest BCUT2D eigenvalue weighted by molar-refractivity contribution is 6.03. The fourth-order valence-electron chi connectivity index (χ4n) is 6.39. The van der Waals surface area contributed by atoms with Crippen LogP contribution in [0.3, 0.4) is 0 Å². The lowest BCUT2D eigenvalue weighted by Gasteiger charge is -2.34. The number of aromatic nitrogens is 4. The van der Waals surface area contributed by atoms with Crippen LogP contribution < -0.4 is 15.1 Å². The molecule has 0 amide bonds. The number of aromatic hydroxyl groups is 1. The number of likely N-dealkylation sites (N-methyl/N-ethyl adjacent to an activating group) is 2. The summed E-state index contributed by atoms with van der Waals surface area (Å²) < 4.78 is 31.2. The smallest absolute Gasteiger partial charge is 0.229 e. The van der Waals surface area contributed by atoms with E-state index in [1.165, 1.54) is 30.5 Å². The number of fused-ring (bicyclic) bond motifs is 5. The Morgan fingerprint density at radius 1 is 1.00 bits per heavy atom. The van der Waals surface area contributed by atoms with E-state index in [1.807, 2.05) is 46.0 Å². The van der Waals surface area contributed by atoms with Gasteiger partial charge in [-0.1, -0.05) is 25.8 Å². The SMILES string of the molecule is C#Cc1c(F)ccc2cc(O)cc(-c3ncc4cc5c(N6CC7CCC(C6)N7)nc(N(C)CCN(C)C)nc5nc4c3F)c12.CC. The van der Waals surface area contributed by atoms with E-state index < -0.39 is 11.6 Å². The van der Waals surface area contributed by atoms with E-state index in [1.54, 1.807) is 0 Å². The molecular weight excluding hydrogens is 586 g/mol. The third kappa shape index (κ3) is 5.63. The number of piperazine rings is 1. The van der Waals surface area contributed by atoms with Crippen LogP contribution in [-0.2, 0) is 0 Å². The highest BCUT2D eigenvalue weighted by atomic mass is 19.1. The number of rotatable bonds is 6. The van der Waals surface area contributed by atoms with Crippen LogP contribution in [0.15, 0.2) is 36.5 Å². The molecule has 0 radical (unpaired) electrons. The molecule has 3 aromatic heterocycles. The van der Waals surface area contributed by atoms with E-state index in [0.29, 0.717) is 46.4 Å². The van der Waals surface area contributed by atoms with Gasteiger partial charge in [-0.3, -0.25) is 4.98 Å². The first-order chi connectivity index (χ1) is 22.2. The maximum atomic E-state index is 16.5. The molecule has 2 aromatic carbocycles. The number of nitrogens with zero attached hydrogens (tertiary/aromatic N) is 7.